The van der Waals surface area contributed by atoms with E-state index in [0.29, 0.717) is 0 Å². The molecule has 0 saturated heterocycles. The van der Waals surface area contributed by atoms with Crippen molar-refractivity contribution in [3.05, 3.63) is 17.0 Å². The fraction of sp³-hybridized carbons (Fsp3) is 0.700. The van der Waals surface area contributed by atoms with Gasteiger partial charge in [0.25, 0.3) is 0 Å². The Morgan fingerprint density at radius 1 is 0.929 bits per heavy atom. The molecule has 14 heavy (non-hydrogen) atoms. The van der Waals surface area contributed by atoms with Gasteiger partial charge in [-0.05, 0) is 33.5 Å². The molecule has 0 amide bonds. The third-order valence-electron chi connectivity index (χ3n) is 2.57. The summed E-state index contributed by atoms with van der Waals surface area (Å²) in [6.07, 6.45) is 0. The molecule has 0 radical (unpaired) electrons. The zero-order chi connectivity index (χ0) is 11.1. The van der Waals surface area contributed by atoms with Gasteiger partial charge in [-0.3, -0.25) is 4.66 Å². The van der Waals surface area contributed by atoms with Crippen molar-refractivity contribution in [1.82, 2.24) is 9.13 Å². The highest BCUT2D eigenvalue weighted by Gasteiger charge is 2.13. The average Bonchev–Trinajstić information content (AvgIpc) is 2.20. The summed E-state index contributed by atoms with van der Waals surface area (Å²) < 4.78 is 9.19. The number of aromatic nitrogens is 2. The molecule has 0 aliphatic carbocycles. The molecule has 0 aliphatic heterocycles. The molecular weight excluding hydrogens is 190 g/mol. The molecule has 0 spiro atoms. The molecule has 0 atom stereocenters. The van der Waals surface area contributed by atoms with Crippen molar-refractivity contribution in [2.75, 3.05) is 0 Å². The molecule has 1 heterocycles. The molecule has 1 aromatic heterocycles. The van der Waals surface area contributed by atoms with E-state index in [1.165, 1.54) is 11.4 Å². The number of nitrogens with zero attached hydrogens (tertiary/aromatic N) is 3. The van der Waals surface area contributed by atoms with Crippen LogP contribution in [0.1, 0.15) is 11.4 Å². The maximum atomic E-state index is 4.84. The van der Waals surface area contributed by atoms with E-state index in [-0.39, 0.29) is 0 Å². The van der Waals surface area contributed by atoms with Crippen LogP contribution in [0.3, 0.4) is 0 Å². The van der Waals surface area contributed by atoms with Crippen LogP contribution in [0.25, 0.3) is 0 Å². The minimum atomic E-state index is -1.39. The Bertz CT molecular complexity index is 376. The number of hydrogen-bond donors (Lipinski definition) is 0. The van der Waals surface area contributed by atoms with Gasteiger partial charge in [-0.15, -0.1) is 0 Å². The molecule has 4 heteroatoms. The molecule has 0 bridgehead atoms. The quantitative estimate of drug-likeness (QED) is 0.631. The molecule has 0 N–H and O–H groups in total. The van der Waals surface area contributed by atoms with Crippen LogP contribution in [-0.2, 0) is 14.1 Å². The van der Waals surface area contributed by atoms with Gasteiger partial charge in [-0.2, -0.15) is 0 Å². The summed E-state index contributed by atoms with van der Waals surface area (Å²) in [6, 6.07) is 0. The molecule has 1 aromatic rings. The van der Waals surface area contributed by atoms with Crippen molar-refractivity contribution in [2.24, 2.45) is 18.8 Å². The third-order valence-corrected chi connectivity index (χ3v) is 3.44. The second kappa shape index (κ2) is 3.42. The second-order valence-electron chi connectivity index (χ2n) is 4.87. The van der Waals surface area contributed by atoms with E-state index in [1.807, 2.05) is 0 Å². The Morgan fingerprint density at radius 3 is 1.57 bits per heavy atom. The van der Waals surface area contributed by atoms with Gasteiger partial charge in [-0.25, -0.2) is 0 Å². The van der Waals surface area contributed by atoms with E-state index in [9.17, 15) is 0 Å². The van der Waals surface area contributed by atoms with Crippen molar-refractivity contribution in [2.45, 2.75) is 33.5 Å². The maximum Gasteiger partial charge on any atom is 0.195 e. The van der Waals surface area contributed by atoms with Gasteiger partial charge in [0.05, 0.1) is 0 Å². The summed E-state index contributed by atoms with van der Waals surface area (Å²) in [5.74, 6) is 0. The average molecular weight is 211 g/mol. The lowest BCUT2D eigenvalue weighted by Crippen LogP contribution is -2.30. The van der Waals surface area contributed by atoms with Gasteiger partial charge in [0.1, 0.15) is 0 Å². The van der Waals surface area contributed by atoms with E-state index in [4.69, 9.17) is 4.66 Å². The van der Waals surface area contributed by atoms with Crippen molar-refractivity contribution < 1.29 is 0 Å². The Morgan fingerprint density at radius 2 is 1.29 bits per heavy atom. The highest BCUT2D eigenvalue weighted by atomic mass is 28.3. The minimum absolute atomic E-state index is 1.10. The summed E-state index contributed by atoms with van der Waals surface area (Å²) in [6.45, 7) is 11.0. The molecule has 0 saturated carbocycles. The van der Waals surface area contributed by atoms with Crippen LogP contribution < -0.4 is 5.62 Å². The lowest BCUT2D eigenvalue weighted by atomic mass is 10.4. The Balaban J connectivity index is 3.51. The monoisotopic (exact) mass is 211 g/mol. The molecule has 80 valence electrons. The molecule has 0 aromatic carbocycles. The molecule has 0 unspecified atom stereocenters. The number of rotatable bonds is 1. The molecule has 0 aliphatic rings. The second-order valence-corrected chi connectivity index (χ2v) is 9.44. The van der Waals surface area contributed by atoms with Gasteiger partial charge >= 0.3 is 0 Å². The van der Waals surface area contributed by atoms with Crippen LogP contribution in [0.15, 0.2) is 4.66 Å². The molecule has 1 rings (SSSR count). The number of hydrogen-bond acceptors (Lipinski definition) is 1. The summed E-state index contributed by atoms with van der Waals surface area (Å²) in [5.41, 5.74) is 3.69. The van der Waals surface area contributed by atoms with Crippen LogP contribution >= 0.6 is 0 Å². The van der Waals surface area contributed by atoms with Crippen molar-refractivity contribution in [3.8, 4) is 0 Å². The summed E-state index contributed by atoms with van der Waals surface area (Å²) >= 11 is 0. The predicted molar refractivity (Wildman–Crippen MR) is 62.8 cm³/mol. The van der Waals surface area contributed by atoms with Crippen LogP contribution in [0.4, 0.5) is 0 Å². The number of imidazole rings is 1. The smallest absolute Gasteiger partial charge is 0.195 e. The standard InChI is InChI=1S/C10H21N3Si/c1-8-9(2)13(4)10(12(8)3)11-14(5,6)7/h1-7H3. The first-order valence-corrected chi connectivity index (χ1v) is 8.43. The fourth-order valence-corrected chi connectivity index (χ4v) is 2.36. The topological polar surface area (TPSA) is 22.2 Å². The van der Waals surface area contributed by atoms with Gasteiger partial charge in [0.2, 0.25) is 0 Å². The van der Waals surface area contributed by atoms with E-state index in [2.05, 4.69) is 56.7 Å². The van der Waals surface area contributed by atoms with Crippen LogP contribution in [0.2, 0.25) is 19.6 Å². The summed E-state index contributed by atoms with van der Waals surface area (Å²) in [5, 5.41) is 0. The van der Waals surface area contributed by atoms with E-state index in [1.54, 1.807) is 0 Å². The normalized spacial score (nSPS) is 11.9. The first kappa shape index (κ1) is 11.3. The molecule has 0 fully saturated rings. The van der Waals surface area contributed by atoms with Crippen molar-refractivity contribution in [3.63, 3.8) is 0 Å². The first-order valence-electron chi connectivity index (χ1n) is 4.99. The lowest BCUT2D eigenvalue weighted by molar-refractivity contribution is 0.735. The summed E-state index contributed by atoms with van der Waals surface area (Å²) in [7, 11) is 2.78. The van der Waals surface area contributed by atoms with Gasteiger partial charge in [0.15, 0.2) is 13.9 Å². The van der Waals surface area contributed by atoms with Gasteiger partial charge < -0.3 is 9.13 Å². The SMILES string of the molecule is Cc1c(C)n(C)c(=N[Si](C)(C)C)n1C. The largest absolute Gasteiger partial charge is 0.318 e. The van der Waals surface area contributed by atoms with E-state index >= 15 is 0 Å². The minimum Gasteiger partial charge on any atom is -0.318 e. The van der Waals surface area contributed by atoms with Crippen LogP contribution in [-0.4, -0.2) is 17.4 Å². The van der Waals surface area contributed by atoms with Crippen molar-refractivity contribution in [1.29, 1.82) is 0 Å². The van der Waals surface area contributed by atoms with Crippen LogP contribution in [0, 0.1) is 13.8 Å². The van der Waals surface area contributed by atoms with Gasteiger partial charge in [-0.1, -0.05) is 0 Å². The third kappa shape index (κ3) is 2.00. The predicted octanol–water partition coefficient (Wildman–Crippen LogP) is 1.72. The van der Waals surface area contributed by atoms with Crippen molar-refractivity contribution >= 4 is 8.24 Å². The van der Waals surface area contributed by atoms with Crippen LogP contribution in [0.5, 0.6) is 0 Å². The molecular formula is C10H21N3Si. The van der Waals surface area contributed by atoms with E-state index < -0.39 is 8.24 Å². The maximum absolute atomic E-state index is 4.84. The zero-order valence-corrected chi connectivity index (χ0v) is 11.3. The summed E-state index contributed by atoms with van der Waals surface area (Å²) in [4.78, 5) is 0. The Labute approximate surface area is 87.2 Å². The zero-order valence-electron chi connectivity index (χ0n) is 10.3. The highest BCUT2D eigenvalue weighted by Crippen LogP contribution is 2.04. The Hall–Kier alpha value is -0.773. The Kier molecular flexibility index (Phi) is 2.76. The fourth-order valence-electron chi connectivity index (χ4n) is 1.46. The highest BCUT2D eigenvalue weighted by molar-refractivity contribution is 6.74. The van der Waals surface area contributed by atoms with E-state index in [0.717, 1.165) is 5.62 Å². The first-order chi connectivity index (χ1) is 6.24. The lowest BCUT2D eigenvalue weighted by Gasteiger charge is -2.08. The molecule has 3 nitrogen and oxygen atoms in total. The van der Waals surface area contributed by atoms with Gasteiger partial charge in [0, 0.05) is 25.5 Å².